The third-order valence-electron chi connectivity index (χ3n) is 4.05. The fourth-order valence-corrected chi connectivity index (χ4v) is 4.16. The number of halogens is 1. The summed E-state index contributed by atoms with van der Waals surface area (Å²) in [5.74, 6) is 0.224. The second-order valence-electron chi connectivity index (χ2n) is 5.83. The highest BCUT2D eigenvalue weighted by Crippen LogP contribution is 2.45. The Kier molecular flexibility index (Phi) is 8.29. The Morgan fingerprint density at radius 1 is 1.18 bits per heavy atom. The van der Waals surface area contributed by atoms with Crippen LogP contribution in [0.15, 0.2) is 29.2 Å². The van der Waals surface area contributed by atoms with Crippen molar-refractivity contribution in [2.75, 3.05) is 20.1 Å². The SMILES string of the molecule is CNCCCNC(=O)C1(Sc2ccc(C)cc2)CCCC1.Cl. The van der Waals surface area contributed by atoms with Crippen LogP contribution in [0.25, 0.3) is 0 Å². The molecule has 124 valence electrons. The first-order valence-electron chi connectivity index (χ1n) is 7.85. The van der Waals surface area contributed by atoms with Gasteiger partial charge in [0.25, 0.3) is 0 Å². The maximum absolute atomic E-state index is 12.6. The summed E-state index contributed by atoms with van der Waals surface area (Å²) in [5.41, 5.74) is 1.26. The number of carbonyl (C=O) groups is 1. The molecule has 1 aromatic rings. The van der Waals surface area contributed by atoms with E-state index >= 15 is 0 Å². The van der Waals surface area contributed by atoms with Crippen molar-refractivity contribution in [1.82, 2.24) is 10.6 Å². The van der Waals surface area contributed by atoms with E-state index in [9.17, 15) is 4.79 Å². The van der Waals surface area contributed by atoms with Crippen molar-refractivity contribution >= 4 is 30.1 Å². The number of hydrogen-bond acceptors (Lipinski definition) is 3. The lowest BCUT2D eigenvalue weighted by Crippen LogP contribution is -2.43. The molecule has 1 aliphatic rings. The minimum Gasteiger partial charge on any atom is -0.355 e. The highest BCUT2D eigenvalue weighted by molar-refractivity contribution is 8.01. The van der Waals surface area contributed by atoms with Gasteiger partial charge in [0.1, 0.15) is 0 Å². The molecule has 1 aliphatic carbocycles. The molecule has 0 atom stereocenters. The summed E-state index contributed by atoms with van der Waals surface area (Å²) >= 11 is 1.75. The number of aryl methyl sites for hydroxylation is 1. The van der Waals surface area contributed by atoms with E-state index in [1.807, 2.05) is 7.05 Å². The number of thioether (sulfide) groups is 1. The van der Waals surface area contributed by atoms with Crippen molar-refractivity contribution in [2.45, 2.75) is 48.7 Å². The van der Waals surface area contributed by atoms with Gasteiger partial charge in [0.05, 0.1) is 4.75 Å². The molecule has 0 spiro atoms. The average molecular weight is 343 g/mol. The van der Waals surface area contributed by atoms with Gasteiger partial charge in [-0.05, 0) is 51.9 Å². The molecule has 0 unspecified atom stereocenters. The predicted molar refractivity (Wildman–Crippen MR) is 97.0 cm³/mol. The molecule has 0 aromatic heterocycles. The van der Waals surface area contributed by atoms with Crippen LogP contribution in [0.4, 0.5) is 0 Å². The minimum absolute atomic E-state index is 0. The van der Waals surface area contributed by atoms with E-state index in [4.69, 9.17) is 0 Å². The number of nitrogens with one attached hydrogen (secondary N) is 2. The lowest BCUT2D eigenvalue weighted by atomic mass is 10.1. The Balaban J connectivity index is 0.00000242. The number of rotatable bonds is 7. The van der Waals surface area contributed by atoms with Gasteiger partial charge in [-0.3, -0.25) is 4.79 Å². The molecule has 2 rings (SSSR count). The first kappa shape index (κ1) is 19.3. The summed E-state index contributed by atoms with van der Waals surface area (Å²) in [4.78, 5) is 13.9. The molecule has 1 saturated carbocycles. The van der Waals surface area contributed by atoms with Crippen molar-refractivity contribution < 1.29 is 4.79 Å². The van der Waals surface area contributed by atoms with Gasteiger partial charge in [0.2, 0.25) is 5.91 Å². The van der Waals surface area contributed by atoms with Gasteiger partial charge in [0.15, 0.2) is 0 Å². The van der Waals surface area contributed by atoms with E-state index in [1.54, 1.807) is 11.8 Å². The van der Waals surface area contributed by atoms with E-state index < -0.39 is 0 Å². The highest BCUT2D eigenvalue weighted by Gasteiger charge is 2.41. The Hall–Kier alpha value is -0.710. The molecular formula is C17H27ClN2OS. The lowest BCUT2D eigenvalue weighted by molar-refractivity contribution is -0.123. The van der Waals surface area contributed by atoms with Crippen LogP contribution in [0.1, 0.15) is 37.7 Å². The monoisotopic (exact) mass is 342 g/mol. The Morgan fingerprint density at radius 3 is 2.41 bits per heavy atom. The minimum atomic E-state index is -0.255. The number of hydrogen-bond donors (Lipinski definition) is 2. The van der Waals surface area contributed by atoms with Gasteiger partial charge >= 0.3 is 0 Å². The zero-order chi connectivity index (χ0) is 15.1. The quantitative estimate of drug-likeness (QED) is 0.744. The highest BCUT2D eigenvalue weighted by atomic mass is 35.5. The first-order chi connectivity index (χ1) is 10.2. The molecule has 1 fully saturated rings. The third-order valence-corrected chi connectivity index (χ3v) is 5.54. The Labute approximate surface area is 144 Å². The van der Waals surface area contributed by atoms with E-state index in [2.05, 4.69) is 41.8 Å². The predicted octanol–water partition coefficient (Wildman–Crippen LogP) is 3.55. The van der Waals surface area contributed by atoms with Crippen LogP contribution < -0.4 is 10.6 Å². The molecule has 0 saturated heterocycles. The number of carbonyl (C=O) groups excluding carboxylic acids is 1. The maximum atomic E-state index is 12.6. The van der Waals surface area contributed by atoms with Gasteiger partial charge in [-0.1, -0.05) is 30.5 Å². The van der Waals surface area contributed by atoms with Gasteiger partial charge in [-0.25, -0.2) is 0 Å². The molecule has 5 heteroatoms. The van der Waals surface area contributed by atoms with Crippen LogP contribution in [0.5, 0.6) is 0 Å². The molecule has 0 heterocycles. The fraction of sp³-hybridized carbons (Fsp3) is 0.588. The van der Waals surface area contributed by atoms with E-state index in [0.717, 1.165) is 45.2 Å². The first-order valence-corrected chi connectivity index (χ1v) is 8.66. The second kappa shape index (κ2) is 9.43. The summed E-state index contributed by atoms with van der Waals surface area (Å²) in [6, 6.07) is 8.51. The molecule has 3 nitrogen and oxygen atoms in total. The topological polar surface area (TPSA) is 41.1 Å². The smallest absolute Gasteiger partial charge is 0.236 e. The van der Waals surface area contributed by atoms with E-state index in [0.29, 0.717) is 0 Å². The zero-order valence-electron chi connectivity index (χ0n) is 13.5. The summed E-state index contributed by atoms with van der Waals surface area (Å²) in [7, 11) is 1.94. The summed E-state index contributed by atoms with van der Waals surface area (Å²) < 4.78 is -0.255. The van der Waals surface area contributed by atoms with Crippen molar-refractivity contribution in [1.29, 1.82) is 0 Å². The third kappa shape index (κ3) is 5.18. The summed E-state index contributed by atoms with van der Waals surface area (Å²) in [6.07, 6.45) is 5.27. The standard InChI is InChI=1S/C17H26N2OS.ClH/c1-14-6-8-15(9-7-14)21-17(10-3-4-11-17)16(20)19-13-5-12-18-2;/h6-9,18H,3-5,10-13H2,1-2H3,(H,19,20);1H. The van der Waals surface area contributed by atoms with Crippen molar-refractivity contribution in [3.8, 4) is 0 Å². The van der Waals surface area contributed by atoms with E-state index in [-0.39, 0.29) is 23.1 Å². The van der Waals surface area contributed by atoms with Crippen LogP contribution in [0.2, 0.25) is 0 Å². The van der Waals surface area contributed by atoms with Crippen LogP contribution in [-0.4, -0.2) is 30.8 Å². The molecular weight excluding hydrogens is 316 g/mol. The largest absolute Gasteiger partial charge is 0.355 e. The Morgan fingerprint density at radius 2 is 1.82 bits per heavy atom. The van der Waals surface area contributed by atoms with Crippen molar-refractivity contribution in [2.24, 2.45) is 0 Å². The number of benzene rings is 1. The molecule has 2 N–H and O–H groups in total. The number of amides is 1. The summed E-state index contributed by atoms with van der Waals surface area (Å²) in [6.45, 7) is 3.79. The molecule has 1 aromatic carbocycles. The Bertz CT molecular complexity index is 458. The van der Waals surface area contributed by atoms with Gasteiger partial charge in [-0.15, -0.1) is 24.2 Å². The fourth-order valence-electron chi connectivity index (χ4n) is 2.78. The van der Waals surface area contributed by atoms with Crippen molar-refractivity contribution in [3.63, 3.8) is 0 Å². The molecule has 0 radical (unpaired) electrons. The molecule has 22 heavy (non-hydrogen) atoms. The van der Waals surface area contributed by atoms with Gasteiger partial charge in [0, 0.05) is 11.4 Å². The van der Waals surface area contributed by atoms with Crippen LogP contribution in [0.3, 0.4) is 0 Å². The maximum Gasteiger partial charge on any atom is 0.236 e. The lowest BCUT2D eigenvalue weighted by Gasteiger charge is -2.27. The van der Waals surface area contributed by atoms with Gasteiger partial charge < -0.3 is 10.6 Å². The zero-order valence-corrected chi connectivity index (χ0v) is 15.1. The van der Waals surface area contributed by atoms with Gasteiger partial charge in [-0.2, -0.15) is 0 Å². The van der Waals surface area contributed by atoms with E-state index in [1.165, 1.54) is 10.5 Å². The summed E-state index contributed by atoms with van der Waals surface area (Å²) in [5, 5.41) is 6.24. The van der Waals surface area contributed by atoms with Crippen LogP contribution in [0, 0.1) is 6.92 Å². The average Bonchev–Trinajstić information content (AvgIpc) is 2.96. The molecule has 1 amide bonds. The second-order valence-corrected chi connectivity index (χ2v) is 7.29. The van der Waals surface area contributed by atoms with Crippen molar-refractivity contribution in [3.05, 3.63) is 29.8 Å². The molecule has 0 bridgehead atoms. The van der Waals surface area contributed by atoms with Crippen LogP contribution >= 0.6 is 24.2 Å². The normalized spacial score (nSPS) is 16.1. The molecule has 0 aliphatic heterocycles. The van der Waals surface area contributed by atoms with Crippen LogP contribution in [-0.2, 0) is 4.79 Å².